The number of thiophene rings is 1. The fourth-order valence-corrected chi connectivity index (χ4v) is 4.16. The summed E-state index contributed by atoms with van der Waals surface area (Å²) in [5, 5.41) is 6.84. The Morgan fingerprint density at radius 2 is 2.32 bits per heavy atom. The molecule has 4 rings (SSSR count). The van der Waals surface area contributed by atoms with Crippen LogP contribution >= 0.6 is 11.3 Å². The van der Waals surface area contributed by atoms with Crippen molar-refractivity contribution in [2.45, 2.75) is 38.4 Å². The normalized spacial score (nSPS) is 22.0. The van der Waals surface area contributed by atoms with E-state index >= 15 is 0 Å². The van der Waals surface area contributed by atoms with Crippen molar-refractivity contribution in [1.29, 1.82) is 0 Å². The fraction of sp³-hybridized carbons (Fsp3) is 0.588. The maximum Gasteiger partial charge on any atom is 0.0560 e. The molecule has 4 nitrogen and oxygen atoms in total. The van der Waals surface area contributed by atoms with Gasteiger partial charge in [0.1, 0.15) is 0 Å². The van der Waals surface area contributed by atoms with Crippen LogP contribution in [0.25, 0.3) is 0 Å². The lowest BCUT2D eigenvalue weighted by Crippen LogP contribution is -2.35. The van der Waals surface area contributed by atoms with E-state index in [4.69, 9.17) is 4.74 Å². The van der Waals surface area contributed by atoms with Gasteiger partial charge in [0.15, 0.2) is 0 Å². The molecule has 2 aliphatic rings. The fourth-order valence-electron chi connectivity index (χ4n) is 3.41. The lowest BCUT2D eigenvalue weighted by atomic mass is 9.95. The van der Waals surface area contributed by atoms with Crippen LogP contribution in [0, 0.1) is 5.92 Å². The van der Waals surface area contributed by atoms with Crippen molar-refractivity contribution in [2.24, 2.45) is 5.92 Å². The molecule has 1 fully saturated rings. The summed E-state index contributed by atoms with van der Waals surface area (Å²) in [7, 11) is 1.80. The molecule has 1 aliphatic heterocycles. The number of hydrogen-bond acceptors (Lipinski definition) is 4. The summed E-state index contributed by atoms with van der Waals surface area (Å²) in [5.74, 6) is 1.30. The van der Waals surface area contributed by atoms with Crippen LogP contribution in [0.2, 0.25) is 0 Å². The zero-order valence-electron chi connectivity index (χ0n) is 13.1. The second-order valence-corrected chi connectivity index (χ2v) is 7.61. The Bertz CT molecular complexity index is 618. The molecule has 0 N–H and O–H groups in total. The van der Waals surface area contributed by atoms with Crippen molar-refractivity contribution in [1.82, 2.24) is 14.7 Å². The molecule has 0 spiro atoms. The molecule has 5 heteroatoms. The van der Waals surface area contributed by atoms with Crippen LogP contribution in [-0.4, -0.2) is 34.9 Å². The molecule has 1 unspecified atom stereocenters. The molecule has 0 aromatic carbocycles. The monoisotopic (exact) mass is 317 g/mol. The van der Waals surface area contributed by atoms with Gasteiger partial charge < -0.3 is 4.74 Å². The summed E-state index contributed by atoms with van der Waals surface area (Å²) in [6, 6.07) is 4.37. The summed E-state index contributed by atoms with van der Waals surface area (Å²) in [5.41, 5.74) is 2.82. The number of aromatic nitrogens is 2. The highest BCUT2D eigenvalue weighted by atomic mass is 32.1. The van der Waals surface area contributed by atoms with Crippen molar-refractivity contribution in [3.05, 3.63) is 39.8 Å². The highest BCUT2D eigenvalue weighted by Crippen LogP contribution is 2.34. The predicted octanol–water partition coefficient (Wildman–Crippen LogP) is 3.10. The summed E-state index contributed by atoms with van der Waals surface area (Å²) in [6.45, 7) is 4.99. The molecule has 0 saturated heterocycles. The van der Waals surface area contributed by atoms with Crippen molar-refractivity contribution in [3.63, 3.8) is 0 Å². The standard InChI is InChI=1S/C17H23N3OS/c1-21-12-14-9-19(10-15-3-2-6-22-15)11-17-16(14)7-18-20(17)8-13-4-5-13/h2-3,6-7,13-14H,4-5,8-12H2,1H3. The Morgan fingerprint density at radius 3 is 3.05 bits per heavy atom. The molecule has 118 valence electrons. The second kappa shape index (κ2) is 6.14. The third-order valence-electron chi connectivity index (χ3n) is 4.73. The predicted molar refractivity (Wildman–Crippen MR) is 88.0 cm³/mol. The van der Waals surface area contributed by atoms with Gasteiger partial charge in [-0.3, -0.25) is 9.58 Å². The highest BCUT2D eigenvalue weighted by Gasteiger charge is 2.31. The maximum absolute atomic E-state index is 5.46. The Balaban J connectivity index is 1.56. The number of hydrogen-bond donors (Lipinski definition) is 0. The van der Waals surface area contributed by atoms with Gasteiger partial charge >= 0.3 is 0 Å². The Labute approximate surface area is 135 Å². The minimum atomic E-state index is 0.446. The maximum atomic E-state index is 5.46. The number of rotatable bonds is 6. The summed E-state index contributed by atoms with van der Waals surface area (Å²) >= 11 is 1.84. The molecule has 2 aromatic rings. The van der Waals surface area contributed by atoms with Crippen LogP contribution in [0.3, 0.4) is 0 Å². The van der Waals surface area contributed by atoms with Crippen molar-refractivity contribution < 1.29 is 4.74 Å². The lowest BCUT2D eigenvalue weighted by molar-refractivity contribution is 0.134. The molecule has 1 saturated carbocycles. The van der Waals surface area contributed by atoms with Crippen LogP contribution in [-0.2, 0) is 24.4 Å². The first-order chi connectivity index (χ1) is 10.8. The van der Waals surface area contributed by atoms with E-state index in [0.717, 1.165) is 38.7 Å². The smallest absolute Gasteiger partial charge is 0.0560 e. The Morgan fingerprint density at radius 1 is 1.41 bits per heavy atom. The average Bonchev–Trinajstić information content (AvgIpc) is 3.01. The topological polar surface area (TPSA) is 30.3 Å². The van der Waals surface area contributed by atoms with Crippen molar-refractivity contribution in [2.75, 3.05) is 20.3 Å². The zero-order valence-corrected chi connectivity index (χ0v) is 13.9. The Kier molecular flexibility index (Phi) is 4.03. The summed E-state index contributed by atoms with van der Waals surface area (Å²) < 4.78 is 7.72. The summed E-state index contributed by atoms with van der Waals surface area (Å²) in [6.07, 6.45) is 4.83. The van der Waals surface area contributed by atoms with Crippen molar-refractivity contribution in [3.8, 4) is 0 Å². The van der Waals surface area contributed by atoms with Gasteiger partial charge in [-0.15, -0.1) is 11.3 Å². The van der Waals surface area contributed by atoms with Crippen LogP contribution < -0.4 is 0 Å². The van der Waals surface area contributed by atoms with E-state index in [-0.39, 0.29) is 0 Å². The quantitative estimate of drug-likeness (QED) is 0.820. The Hall–Kier alpha value is -1.17. The van der Waals surface area contributed by atoms with E-state index in [1.54, 1.807) is 7.11 Å². The van der Waals surface area contributed by atoms with E-state index < -0.39 is 0 Å². The number of methoxy groups -OCH3 is 1. The molecular formula is C17H23N3OS. The molecule has 0 radical (unpaired) electrons. The van der Waals surface area contributed by atoms with E-state index in [1.807, 2.05) is 11.3 Å². The van der Waals surface area contributed by atoms with Crippen LogP contribution in [0.15, 0.2) is 23.7 Å². The van der Waals surface area contributed by atoms with E-state index in [0.29, 0.717) is 5.92 Å². The average molecular weight is 317 g/mol. The first kappa shape index (κ1) is 14.4. The first-order valence-corrected chi connectivity index (χ1v) is 8.99. The van der Waals surface area contributed by atoms with Gasteiger partial charge in [0.05, 0.1) is 18.5 Å². The number of ether oxygens (including phenoxy) is 1. The molecule has 1 atom stereocenters. The van der Waals surface area contributed by atoms with Gasteiger partial charge in [-0.2, -0.15) is 5.10 Å². The van der Waals surface area contributed by atoms with Gasteiger partial charge in [0.25, 0.3) is 0 Å². The van der Waals surface area contributed by atoms with Gasteiger partial charge in [0, 0.05) is 49.6 Å². The molecule has 1 aliphatic carbocycles. The molecule has 0 bridgehead atoms. The minimum absolute atomic E-state index is 0.446. The van der Waals surface area contributed by atoms with Crippen molar-refractivity contribution >= 4 is 11.3 Å². The first-order valence-electron chi connectivity index (χ1n) is 8.11. The second-order valence-electron chi connectivity index (χ2n) is 6.57. The molecular weight excluding hydrogens is 294 g/mol. The van der Waals surface area contributed by atoms with Gasteiger partial charge in [-0.25, -0.2) is 0 Å². The van der Waals surface area contributed by atoms with E-state index in [9.17, 15) is 0 Å². The SMILES string of the molecule is COCC1CN(Cc2cccs2)Cc2c1cnn2CC1CC1. The third kappa shape index (κ3) is 2.98. The molecule has 2 aromatic heterocycles. The van der Waals surface area contributed by atoms with Gasteiger partial charge in [0.2, 0.25) is 0 Å². The number of fused-ring (bicyclic) bond motifs is 1. The molecule has 3 heterocycles. The van der Waals surface area contributed by atoms with Gasteiger partial charge in [-0.05, 0) is 30.2 Å². The molecule has 0 amide bonds. The highest BCUT2D eigenvalue weighted by molar-refractivity contribution is 7.09. The minimum Gasteiger partial charge on any atom is -0.384 e. The van der Waals surface area contributed by atoms with E-state index in [2.05, 4.69) is 38.4 Å². The van der Waals surface area contributed by atoms with Crippen LogP contribution in [0.4, 0.5) is 0 Å². The summed E-state index contributed by atoms with van der Waals surface area (Å²) in [4.78, 5) is 3.98. The van der Waals surface area contributed by atoms with E-state index in [1.165, 1.54) is 29.0 Å². The number of nitrogens with zero attached hydrogens (tertiary/aromatic N) is 3. The lowest BCUT2D eigenvalue weighted by Gasteiger charge is -2.32. The van der Waals surface area contributed by atoms with Crippen LogP contribution in [0.5, 0.6) is 0 Å². The zero-order chi connectivity index (χ0) is 14.9. The molecule has 22 heavy (non-hydrogen) atoms. The van der Waals surface area contributed by atoms with Gasteiger partial charge in [-0.1, -0.05) is 6.07 Å². The largest absolute Gasteiger partial charge is 0.384 e. The van der Waals surface area contributed by atoms with Crippen LogP contribution in [0.1, 0.15) is 34.9 Å². The third-order valence-corrected chi connectivity index (χ3v) is 5.59.